The molecular formula is C6H11ClO4P+. The maximum atomic E-state index is 11.1. The number of carbonyl (C=O) groups is 1. The zero-order chi connectivity index (χ0) is 9.72. The highest BCUT2D eigenvalue weighted by Crippen LogP contribution is 2.34. The highest BCUT2D eigenvalue weighted by atomic mass is 35.5. The van der Waals surface area contributed by atoms with Gasteiger partial charge in [0.05, 0.1) is 0 Å². The molecule has 0 amide bonds. The molecule has 0 aliphatic heterocycles. The van der Waals surface area contributed by atoms with Crippen LogP contribution in [0.15, 0.2) is 0 Å². The summed E-state index contributed by atoms with van der Waals surface area (Å²) in [6.07, 6.45) is 0.272. The van der Waals surface area contributed by atoms with Crippen LogP contribution in [0, 0.1) is 0 Å². The van der Waals surface area contributed by atoms with Crippen molar-refractivity contribution >= 4 is 25.6 Å². The third-order valence-corrected chi connectivity index (χ3v) is 3.01. The number of rotatable bonds is 5. The zero-order valence-electron chi connectivity index (χ0n) is 6.86. The van der Waals surface area contributed by atoms with E-state index >= 15 is 0 Å². The largest absolute Gasteiger partial charge is 0.524 e. The second kappa shape index (κ2) is 5.46. The minimum absolute atomic E-state index is 0.272. The van der Waals surface area contributed by atoms with Crippen molar-refractivity contribution in [3.05, 3.63) is 0 Å². The summed E-state index contributed by atoms with van der Waals surface area (Å²) in [6, 6.07) is 0. The lowest BCUT2D eigenvalue weighted by atomic mass is 10.3. The minimum Gasteiger partial charge on any atom is -0.478 e. The molecule has 0 spiro atoms. The predicted octanol–water partition coefficient (Wildman–Crippen LogP) is 2.19. The molecule has 0 radical (unpaired) electrons. The maximum Gasteiger partial charge on any atom is 0.524 e. The molecular weight excluding hydrogens is 202 g/mol. The lowest BCUT2D eigenvalue weighted by molar-refractivity contribution is -0.136. The minimum atomic E-state index is -2.20. The number of alkyl halides is 1. The van der Waals surface area contributed by atoms with Gasteiger partial charge in [-0.15, -0.1) is 4.52 Å². The molecule has 0 saturated carbocycles. The highest BCUT2D eigenvalue weighted by molar-refractivity contribution is 7.41. The zero-order valence-corrected chi connectivity index (χ0v) is 8.51. The molecule has 1 N–H and O–H groups in total. The van der Waals surface area contributed by atoms with E-state index in [1.54, 1.807) is 6.92 Å². The Bertz CT molecular complexity index is 182. The maximum absolute atomic E-state index is 11.1. The molecule has 4 nitrogen and oxygen atoms in total. The standard InChI is InChI=1S/C6H10ClO4P/c1-3-5(6(8)9)12(10)11-4(2)7/h4-5H,3H2,1-2H3/p+1. The molecule has 0 rings (SSSR count). The molecule has 0 heterocycles. The number of carboxylic acid groups (broad SMARTS) is 1. The topological polar surface area (TPSA) is 63.6 Å². The number of aliphatic carboxylic acids is 1. The Labute approximate surface area is 76.7 Å². The lowest BCUT2D eigenvalue weighted by Crippen LogP contribution is -2.16. The summed E-state index contributed by atoms with van der Waals surface area (Å²) in [7, 11) is -2.20. The smallest absolute Gasteiger partial charge is 0.478 e. The van der Waals surface area contributed by atoms with E-state index in [1.807, 2.05) is 0 Å². The SMILES string of the molecule is CCC(C(=O)O)[P+](=O)OC(C)Cl. The van der Waals surface area contributed by atoms with Gasteiger partial charge < -0.3 is 5.11 Å². The van der Waals surface area contributed by atoms with Gasteiger partial charge in [0.1, 0.15) is 0 Å². The molecule has 0 aliphatic rings. The summed E-state index contributed by atoms with van der Waals surface area (Å²) in [5.74, 6) is -1.11. The number of halogens is 1. The van der Waals surface area contributed by atoms with E-state index in [0.29, 0.717) is 0 Å². The van der Waals surface area contributed by atoms with Gasteiger partial charge in [-0.05, 0) is 11.5 Å². The number of hydrogen-bond donors (Lipinski definition) is 1. The Morgan fingerprint density at radius 1 is 1.75 bits per heavy atom. The van der Waals surface area contributed by atoms with Crippen LogP contribution in [0.2, 0.25) is 0 Å². The quantitative estimate of drug-likeness (QED) is 0.562. The first-order valence-electron chi connectivity index (χ1n) is 3.49. The molecule has 3 atom stereocenters. The summed E-state index contributed by atoms with van der Waals surface area (Å²) in [5.41, 5.74) is -1.68. The van der Waals surface area contributed by atoms with Crippen LogP contribution in [0.4, 0.5) is 0 Å². The average molecular weight is 214 g/mol. The van der Waals surface area contributed by atoms with E-state index in [0.717, 1.165) is 0 Å². The fourth-order valence-corrected chi connectivity index (χ4v) is 1.78. The van der Waals surface area contributed by atoms with Crippen LogP contribution in [0.5, 0.6) is 0 Å². The fourth-order valence-electron chi connectivity index (χ4n) is 0.630. The van der Waals surface area contributed by atoms with Gasteiger partial charge in [0.2, 0.25) is 0 Å². The van der Waals surface area contributed by atoms with Crippen molar-refractivity contribution in [1.29, 1.82) is 0 Å². The molecule has 12 heavy (non-hydrogen) atoms. The van der Waals surface area contributed by atoms with Gasteiger partial charge in [-0.2, -0.15) is 0 Å². The normalized spacial score (nSPS) is 16.8. The van der Waals surface area contributed by atoms with Gasteiger partial charge in [-0.25, -0.2) is 4.79 Å². The first-order valence-corrected chi connectivity index (χ1v) is 5.17. The first kappa shape index (κ1) is 11.8. The molecule has 0 fully saturated rings. The molecule has 6 heteroatoms. The fraction of sp³-hybridized carbons (Fsp3) is 0.833. The Balaban J connectivity index is 4.13. The lowest BCUT2D eigenvalue weighted by Gasteiger charge is -1.97. The molecule has 3 unspecified atom stereocenters. The van der Waals surface area contributed by atoms with E-state index in [4.69, 9.17) is 16.7 Å². The third-order valence-electron chi connectivity index (χ3n) is 1.18. The first-order chi connectivity index (χ1) is 5.49. The van der Waals surface area contributed by atoms with Gasteiger partial charge >= 0.3 is 14.0 Å². The summed E-state index contributed by atoms with van der Waals surface area (Å²) in [4.78, 5) is 10.4. The van der Waals surface area contributed by atoms with E-state index in [1.165, 1.54) is 6.92 Å². The van der Waals surface area contributed by atoms with Crippen molar-refractivity contribution in [2.75, 3.05) is 0 Å². The monoisotopic (exact) mass is 213 g/mol. The van der Waals surface area contributed by atoms with Crippen LogP contribution in [-0.2, 0) is 13.9 Å². The average Bonchev–Trinajstić information content (AvgIpc) is 1.85. The Morgan fingerprint density at radius 3 is 2.50 bits per heavy atom. The van der Waals surface area contributed by atoms with Crippen molar-refractivity contribution in [2.45, 2.75) is 31.5 Å². The van der Waals surface area contributed by atoms with Gasteiger partial charge in [0.25, 0.3) is 5.66 Å². The third kappa shape index (κ3) is 4.00. The molecule has 0 aliphatic carbocycles. The second-order valence-corrected chi connectivity index (χ2v) is 4.22. The highest BCUT2D eigenvalue weighted by Gasteiger charge is 2.39. The summed E-state index contributed by atoms with van der Waals surface area (Å²) in [5, 5.41) is 8.55. The van der Waals surface area contributed by atoms with Gasteiger partial charge in [-0.3, -0.25) is 0 Å². The van der Waals surface area contributed by atoms with E-state index in [-0.39, 0.29) is 6.42 Å². The van der Waals surface area contributed by atoms with Gasteiger partial charge in [0, 0.05) is 6.42 Å². The number of hydrogen-bond acceptors (Lipinski definition) is 3. The van der Waals surface area contributed by atoms with Crippen molar-refractivity contribution in [3.63, 3.8) is 0 Å². The Morgan fingerprint density at radius 2 is 2.25 bits per heavy atom. The molecule has 0 bridgehead atoms. The molecule has 0 aromatic carbocycles. The Kier molecular flexibility index (Phi) is 5.38. The number of carboxylic acids is 1. The second-order valence-electron chi connectivity index (χ2n) is 2.20. The van der Waals surface area contributed by atoms with Crippen LogP contribution < -0.4 is 0 Å². The van der Waals surface area contributed by atoms with Crippen LogP contribution in [-0.4, -0.2) is 22.3 Å². The van der Waals surface area contributed by atoms with Crippen molar-refractivity contribution in [1.82, 2.24) is 0 Å². The van der Waals surface area contributed by atoms with Crippen LogP contribution in [0.25, 0.3) is 0 Å². The van der Waals surface area contributed by atoms with Crippen LogP contribution >= 0.6 is 19.6 Å². The van der Waals surface area contributed by atoms with E-state index in [2.05, 4.69) is 4.52 Å². The van der Waals surface area contributed by atoms with Gasteiger partial charge in [0.15, 0.2) is 5.56 Å². The molecule has 0 saturated heterocycles. The van der Waals surface area contributed by atoms with E-state index in [9.17, 15) is 9.36 Å². The van der Waals surface area contributed by atoms with Gasteiger partial charge in [-0.1, -0.05) is 18.5 Å². The van der Waals surface area contributed by atoms with Crippen molar-refractivity contribution in [2.24, 2.45) is 0 Å². The predicted molar refractivity (Wildman–Crippen MR) is 45.7 cm³/mol. The molecule has 0 aromatic heterocycles. The van der Waals surface area contributed by atoms with E-state index < -0.39 is 25.2 Å². The van der Waals surface area contributed by atoms with Crippen LogP contribution in [0.1, 0.15) is 20.3 Å². The summed E-state index contributed by atoms with van der Waals surface area (Å²) >= 11 is 5.38. The summed E-state index contributed by atoms with van der Waals surface area (Å²) < 4.78 is 15.7. The van der Waals surface area contributed by atoms with Crippen molar-refractivity contribution in [3.8, 4) is 0 Å². The Hall–Kier alpha value is -0.180. The molecule has 0 aromatic rings. The summed E-state index contributed by atoms with van der Waals surface area (Å²) in [6.45, 7) is 3.12. The van der Waals surface area contributed by atoms with Crippen molar-refractivity contribution < 1.29 is 19.0 Å². The molecule has 70 valence electrons. The van der Waals surface area contributed by atoms with Crippen LogP contribution in [0.3, 0.4) is 0 Å².